The first-order chi connectivity index (χ1) is 10.2. The third-order valence-electron chi connectivity index (χ3n) is 2.53. The highest BCUT2D eigenvalue weighted by molar-refractivity contribution is 6.35. The van der Waals surface area contributed by atoms with Gasteiger partial charge in [-0.25, -0.2) is 15.2 Å². The van der Waals surface area contributed by atoms with Crippen LogP contribution < -0.4 is 5.43 Å². The van der Waals surface area contributed by atoms with E-state index in [1.165, 1.54) is 6.92 Å². The molecule has 0 saturated heterocycles. The smallest absolute Gasteiger partial charge is 0.354 e. The van der Waals surface area contributed by atoms with E-state index in [9.17, 15) is 4.79 Å². The first kappa shape index (κ1) is 14.6. The predicted octanol–water partition coefficient (Wildman–Crippen LogP) is 1.89. The van der Waals surface area contributed by atoms with Gasteiger partial charge >= 0.3 is 5.97 Å². The van der Waals surface area contributed by atoms with Crippen LogP contribution in [0.15, 0.2) is 41.6 Å². The molecule has 0 aliphatic rings. The van der Waals surface area contributed by atoms with Crippen LogP contribution in [0.5, 0.6) is 0 Å². The molecule has 0 bridgehead atoms. The number of hydrogen-bond acceptors (Lipinski definition) is 7. The zero-order valence-corrected chi connectivity index (χ0v) is 11.8. The molecule has 0 aliphatic heterocycles. The Balaban J connectivity index is 2.03. The zero-order valence-electron chi connectivity index (χ0n) is 11.8. The maximum Gasteiger partial charge on any atom is 0.354 e. The first-order valence-corrected chi connectivity index (χ1v) is 6.43. The molecule has 0 amide bonds. The van der Waals surface area contributed by atoms with Crippen molar-refractivity contribution in [2.24, 2.45) is 5.10 Å². The van der Waals surface area contributed by atoms with Gasteiger partial charge in [-0.3, -0.25) is 0 Å². The molecular formula is C14H15N5O2. The van der Waals surface area contributed by atoms with E-state index >= 15 is 0 Å². The number of nitrogens with zero attached hydrogens (tertiary/aromatic N) is 4. The maximum atomic E-state index is 11.4. The molecule has 7 nitrogen and oxygen atoms in total. The number of anilines is 1. The molecule has 7 heteroatoms. The minimum absolute atomic E-state index is 0.188. The van der Waals surface area contributed by atoms with Crippen molar-refractivity contribution in [1.29, 1.82) is 0 Å². The topological polar surface area (TPSA) is 89.4 Å². The Morgan fingerprint density at radius 1 is 1.29 bits per heavy atom. The van der Waals surface area contributed by atoms with Crippen LogP contribution in [0.2, 0.25) is 0 Å². The molecular weight excluding hydrogens is 270 g/mol. The van der Waals surface area contributed by atoms with Crippen molar-refractivity contribution in [1.82, 2.24) is 15.2 Å². The van der Waals surface area contributed by atoms with E-state index in [-0.39, 0.29) is 11.7 Å². The fourth-order valence-electron chi connectivity index (χ4n) is 1.48. The van der Waals surface area contributed by atoms with Gasteiger partial charge in [0.15, 0.2) is 0 Å². The molecule has 0 aliphatic carbocycles. The monoisotopic (exact) mass is 285 g/mol. The van der Waals surface area contributed by atoms with E-state index in [0.717, 1.165) is 5.56 Å². The summed E-state index contributed by atoms with van der Waals surface area (Å²) in [5.74, 6) is -0.280. The van der Waals surface area contributed by atoms with Crippen molar-refractivity contribution in [3.8, 4) is 11.3 Å². The summed E-state index contributed by atoms with van der Waals surface area (Å²) < 4.78 is 4.80. The lowest BCUT2D eigenvalue weighted by Gasteiger charge is -2.02. The van der Waals surface area contributed by atoms with Gasteiger partial charge in [0.05, 0.1) is 12.8 Å². The Bertz CT molecular complexity index is 626. The molecule has 0 saturated carbocycles. The molecule has 1 aromatic carbocycles. The standard InChI is InChI=1S/C14H15N5O2/c1-3-21-13(20)10(2)16-18-14-15-9-12(17-19-14)11-7-5-4-6-8-11/h4-9H,3H2,1-2H3,(H,15,18,19). The minimum atomic E-state index is -0.487. The van der Waals surface area contributed by atoms with Crippen LogP contribution in [0.3, 0.4) is 0 Å². The second kappa shape index (κ2) is 7.09. The van der Waals surface area contributed by atoms with Crippen LogP contribution in [0.1, 0.15) is 13.8 Å². The molecule has 2 aromatic rings. The van der Waals surface area contributed by atoms with E-state index in [2.05, 4.69) is 25.7 Å². The number of nitrogens with one attached hydrogen (secondary N) is 1. The Kier molecular flexibility index (Phi) is 4.92. The molecule has 1 N–H and O–H groups in total. The normalized spacial score (nSPS) is 11.0. The molecule has 0 unspecified atom stereocenters. The van der Waals surface area contributed by atoms with Crippen LogP contribution in [0.25, 0.3) is 11.3 Å². The van der Waals surface area contributed by atoms with Crippen molar-refractivity contribution in [3.63, 3.8) is 0 Å². The highest BCUT2D eigenvalue weighted by Gasteiger charge is 2.06. The number of esters is 1. The minimum Gasteiger partial charge on any atom is -0.461 e. The molecule has 108 valence electrons. The molecule has 21 heavy (non-hydrogen) atoms. The average Bonchev–Trinajstić information content (AvgIpc) is 2.54. The molecule has 1 heterocycles. The molecule has 2 rings (SSSR count). The van der Waals surface area contributed by atoms with Crippen LogP contribution >= 0.6 is 0 Å². The number of hydrogen-bond donors (Lipinski definition) is 1. The van der Waals surface area contributed by atoms with Gasteiger partial charge in [0.25, 0.3) is 5.95 Å². The Hall–Kier alpha value is -2.83. The van der Waals surface area contributed by atoms with E-state index in [0.29, 0.717) is 12.3 Å². The number of ether oxygens (including phenoxy) is 1. The summed E-state index contributed by atoms with van der Waals surface area (Å²) in [5, 5.41) is 11.8. The number of aromatic nitrogens is 3. The van der Waals surface area contributed by atoms with Crippen LogP contribution in [-0.4, -0.2) is 33.5 Å². The molecule has 0 fully saturated rings. The van der Waals surface area contributed by atoms with Gasteiger partial charge in [-0.05, 0) is 13.8 Å². The van der Waals surface area contributed by atoms with Crippen molar-refractivity contribution in [2.75, 3.05) is 12.0 Å². The second-order valence-corrected chi connectivity index (χ2v) is 4.06. The van der Waals surface area contributed by atoms with Gasteiger partial charge < -0.3 is 4.74 Å². The van der Waals surface area contributed by atoms with Crippen molar-refractivity contribution in [3.05, 3.63) is 36.5 Å². The van der Waals surface area contributed by atoms with Gasteiger partial charge in [0.2, 0.25) is 0 Å². The average molecular weight is 285 g/mol. The number of rotatable bonds is 5. The first-order valence-electron chi connectivity index (χ1n) is 6.43. The third-order valence-corrected chi connectivity index (χ3v) is 2.53. The quantitative estimate of drug-likeness (QED) is 0.512. The highest BCUT2D eigenvalue weighted by atomic mass is 16.5. The summed E-state index contributed by atoms with van der Waals surface area (Å²) in [6.07, 6.45) is 1.58. The SMILES string of the molecule is CCOC(=O)C(C)=NNc1ncc(-c2ccccc2)nn1. The lowest BCUT2D eigenvalue weighted by molar-refractivity contribution is -0.135. The van der Waals surface area contributed by atoms with E-state index in [1.54, 1.807) is 13.1 Å². The maximum absolute atomic E-state index is 11.4. The van der Waals surface area contributed by atoms with Crippen LogP contribution in [0, 0.1) is 0 Å². The summed E-state index contributed by atoms with van der Waals surface area (Å²) in [4.78, 5) is 15.4. The number of hydrazone groups is 1. The van der Waals surface area contributed by atoms with Gasteiger partial charge in [0.1, 0.15) is 11.4 Å². The van der Waals surface area contributed by atoms with E-state index < -0.39 is 5.97 Å². The number of benzene rings is 1. The fraction of sp³-hybridized carbons (Fsp3) is 0.214. The molecule has 1 aromatic heterocycles. The largest absolute Gasteiger partial charge is 0.461 e. The van der Waals surface area contributed by atoms with Gasteiger partial charge in [-0.1, -0.05) is 30.3 Å². The number of carbonyl (C=O) groups is 1. The summed E-state index contributed by atoms with van der Waals surface area (Å²) >= 11 is 0. The van der Waals surface area contributed by atoms with E-state index in [4.69, 9.17) is 4.74 Å². The molecule has 0 atom stereocenters. The van der Waals surface area contributed by atoms with E-state index in [1.807, 2.05) is 30.3 Å². The van der Waals surface area contributed by atoms with Crippen LogP contribution in [0.4, 0.5) is 5.95 Å². The fourth-order valence-corrected chi connectivity index (χ4v) is 1.48. The lowest BCUT2D eigenvalue weighted by Crippen LogP contribution is -2.16. The Labute approximate surface area is 122 Å². The highest BCUT2D eigenvalue weighted by Crippen LogP contribution is 2.14. The summed E-state index contributed by atoms with van der Waals surface area (Å²) in [7, 11) is 0. The molecule has 0 spiro atoms. The Morgan fingerprint density at radius 2 is 2.05 bits per heavy atom. The third kappa shape index (κ3) is 4.07. The summed E-state index contributed by atoms with van der Waals surface area (Å²) in [6.45, 7) is 3.57. The zero-order chi connectivity index (χ0) is 15.1. The van der Waals surface area contributed by atoms with Crippen molar-refractivity contribution >= 4 is 17.6 Å². The van der Waals surface area contributed by atoms with Crippen LogP contribution in [-0.2, 0) is 9.53 Å². The van der Waals surface area contributed by atoms with Crippen molar-refractivity contribution < 1.29 is 9.53 Å². The van der Waals surface area contributed by atoms with Gasteiger partial charge in [-0.2, -0.15) is 5.10 Å². The second-order valence-electron chi connectivity index (χ2n) is 4.06. The van der Waals surface area contributed by atoms with Crippen molar-refractivity contribution in [2.45, 2.75) is 13.8 Å². The summed E-state index contributed by atoms with van der Waals surface area (Å²) in [6, 6.07) is 9.59. The van der Waals surface area contributed by atoms with Gasteiger partial charge in [-0.15, -0.1) is 10.2 Å². The lowest BCUT2D eigenvalue weighted by atomic mass is 10.2. The predicted molar refractivity (Wildman–Crippen MR) is 78.6 cm³/mol. The number of carbonyl (C=O) groups excluding carboxylic acids is 1. The van der Waals surface area contributed by atoms with Gasteiger partial charge in [0, 0.05) is 5.56 Å². The Morgan fingerprint density at radius 3 is 2.67 bits per heavy atom. The molecule has 0 radical (unpaired) electrons. The summed E-state index contributed by atoms with van der Waals surface area (Å²) in [5.41, 5.74) is 4.34.